The maximum absolute atomic E-state index is 5.70. The van der Waals surface area contributed by atoms with Crippen LogP contribution in [0.3, 0.4) is 0 Å². The molecule has 1 aromatic rings. The predicted octanol–water partition coefficient (Wildman–Crippen LogP) is 2.29. The Labute approximate surface area is 118 Å². The molecule has 1 saturated carbocycles. The van der Waals surface area contributed by atoms with E-state index in [1.807, 2.05) is 6.20 Å². The number of nitrogens with zero attached hydrogens (tertiary/aromatic N) is 2. The number of rotatable bonds is 2. The fourth-order valence-corrected chi connectivity index (χ4v) is 3.79. The number of morpholine rings is 1. The summed E-state index contributed by atoms with van der Waals surface area (Å²) >= 11 is 1.61. The number of hydrogen-bond donors (Lipinski definition) is 1. The second kappa shape index (κ2) is 5.74. The molecule has 0 atom stereocenters. The third-order valence-electron chi connectivity index (χ3n) is 4.00. The number of nitrogen functional groups attached to an aromatic ring is 1. The number of hydrogen-bond acceptors (Lipinski definition) is 5. The topological polar surface area (TPSA) is 51.4 Å². The van der Waals surface area contributed by atoms with Crippen molar-refractivity contribution < 1.29 is 4.74 Å². The molecule has 0 unspecified atom stereocenters. The van der Waals surface area contributed by atoms with Crippen LogP contribution >= 0.6 is 23.7 Å². The van der Waals surface area contributed by atoms with Crippen molar-refractivity contribution in [3.63, 3.8) is 0 Å². The lowest BCUT2D eigenvalue weighted by Crippen LogP contribution is -2.54. The zero-order valence-corrected chi connectivity index (χ0v) is 12.1. The maximum Gasteiger partial charge on any atom is 0.180 e. The van der Waals surface area contributed by atoms with Gasteiger partial charge in [0.15, 0.2) is 5.13 Å². The molecular weight excluding hydrogens is 270 g/mol. The molecule has 1 aromatic heterocycles. The molecule has 3 rings (SSSR count). The zero-order chi connectivity index (χ0) is 11.7. The molecule has 4 nitrogen and oxygen atoms in total. The number of halogens is 1. The van der Waals surface area contributed by atoms with Crippen LogP contribution in [0.5, 0.6) is 0 Å². The van der Waals surface area contributed by atoms with Crippen molar-refractivity contribution in [3.05, 3.63) is 11.1 Å². The first-order valence-electron chi connectivity index (χ1n) is 6.32. The van der Waals surface area contributed by atoms with Gasteiger partial charge in [0.05, 0.1) is 13.2 Å². The van der Waals surface area contributed by atoms with Crippen LogP contribution in [0.4, 0.5) is 5.13 Å². The minimum atomic E-state index is 0. The number of ether oxygens (including phenoxy) is 1. The van der Waals surface area contributed by atoms with Gasteiger partial charge in [-0.25, -0.2) is 4.98 Å². The molecule has 1 aliphatic heterocycles. The number of nitrogens with two attached hydrogens (primary N) is 1. The molecule has 2 fully saturated rings. The van der Waals surface area contributed by atoms with Crippen LogP contribution < -0.4 is 5.73 Å². The van der Waals surface area contributed by atoms with Crippen molar-refractivity contribution in [3.8, 4) is 0 Å². The Morgan fingerprint density at radius 1 is 1.44 bits per heavy atom. The first-order valence-corrected chi connectivity index (χ1v) is 7.13. The Morgan fingerprint density at radius 2 is 2.22 bits per heavy atom. The molecule has 6 heteroatoms. The van der Waals surface area contributed by atoms with Gasteiger partial charge in [0.2, 0.25) is 0 Å². The van der Waals surface area contributed by atoms with Gasteiger partial charge in [-0.3, -0.25) is 4.90 Å². The van der Waals surface area contributed by atoms with Gasteiger partial charge in [-0.15, -0.1) is 23.7 Å². The van der Waals surface area contributed by atoms with Crippen molar-refractivity contribution in [2.75, 3.05) is 25.5 Å². The van der Waals surface area contributed by atoms with E-state index in [1.54, 1.807) is 11.3 Å². The second-order valence-corrected chi connectivity index (χ2v) is 6.22. The molecule has 1 spiro atoms. The Hall–Kier alpha value is -0.360. The van der Waals surface area contributed by atoms with E-state index < -0.39 is 0 Å². The highest BCUT2D eigenvalue weighted by Crippen LogP contribution is 2.38. The fraction of sp³-hybridized carbons (Fsp3) is 0.750. The van der Waals surface area contributed by atoms with Crippen molar-refractivity contribution in [1.29, 1.82) is 0 Å². The first-order chi connectivity index (χ1) is 8.28. The number of aromatic nitrogens is 1. The van der Waals surface area contributed by atoms with Crippen molar-refractivity contribution >= 4 is 28.9 Å². The molecule has 2 heterocycles. The predicted molar refractivity (Wildman–Crippen MR) is 76.2 cm³/mol. The monoisotopic (exact) mass is 289 g/mol. The van der Waals surface area contributed by atoms with E-state index >= 15 is 0 Å². The Kier molecular flexibility index (Phi) is 4.48. The SMILES string of the molecule is Cl.Nc1ncc(CN2CCOCC23CCCC3)s1. The lowest BCUT2D eigenvalue weighted by molar-refractivity contribution is -0.0698. The maximum atomic E-state index is 5.70. The molecule has 2 N–H and O–H groups in total. The summed E-state index contributed by atoms with van der Waals surface area (Å²) in [5.74, 6) is 0. The summed E-state index contributed by atoms with van der Waals surface area (Å²) in [5.41, 5.74) is 6.00. The summed E-state index contributed by atoms with van der Waals surface area (Å²) in [6.07, 6.45) is 7.15. The Balaban J connectivity index is 0.00000120. The van der Waals surface area contributed by atoms with E-state index in [1.165, 1.54) is 30.6 Å². The highest BCUT2D eigenvalue weighted by molar-refractivity contribution is 7.15. The second-order valence-electron chi connectivity index (χ2n) is 5.07. The molecule has 0 aromatic carbocycles. The van der Waals surface area contributed by atoms with Gasteiger partial charge in [0, 0.05) is 29.7 Å². The third kappa shape index (κ3) is 2.64. The van der Waals surface area contributed by atoms with E-state index in [0.717, 1.165) is 26.3 Å². The number of thiazole rings is 1. The van der Waals surface area contributed by atoms with Crippen molar-refractivity contribution in [2.24, 2.45) is 0 Å². The zero-order valence-electron chi connectivity index (χ0n) is 10.4. The summed E-state index contributed by atoms with van der Waals surface area (Å²) in [4.78, 5) is 8.00. The van der Waals surface area contributed by atoms with E-state index in [9.17, 15) is 0 Å². The molecular formula is C12H20ClN3OS. The molecule has 2 aliphatic rings. The van der Waals surface area contributed by atoms with Crippen LogP contribution in [0.15, 0.2) is 6.20 Å². The van der Waals surface area contributed by atoms with Crippen molar-refractivity contribution in [2.45, 2.75) is 37.8 Å². The summed E-state index contributed by atoms with van der Waals surface area (Å²) in [6, 6.07) is 0. The van der Waals surface area contributed by atoms with Crippen LogP contribution in [0, 0.1) is 0 Å². The van der Waals surface area contributed by atoms with Crippen LogP contribution in [0.1, 0.15) is 30.6 Å². The third-order valence-corrected chi connectivity index (χ3v) is 4.81. The van der Waals surface area contributed by atoms with E-state index in [4.69, 9.17) is 10.5 Å². The van der Waals surface area contributed by atoms with Gasteiger partial charge < -0.3 is 10.5 Å². The average Bonchev–Trinajstić information content (AvgIpc) is 2.93. The number of anilines is 1. The Bertz CT molecular complexity index is 392. The molecule has 1 saturated heterocycles. The van der Waals surface area contributed by atoms with Crippen LogP contribution in [-0.4, -0.2) is 35.2 Å². The average molecular weight is 290 g/mol. The minimum absolute atomic E-state index is 0. The lowest BCUT2D eigenvalue weighted by Gasteiger charge is -2.44. The molecule has 0 radical (unpaired) electrons. The quantitative estimate of drug-likeness (QED) is 0.908. The lowest BCUT2D eigenvalue weighted by atomic mass is 9.94. The standard InChI is InChI=1S/C12H19N3OS.ClH/c13-11-14-7-10(17-11)8-15-5-6-16-9-12(15)3-1-2-4-12;/h7H,1-6,8-9H2,(H2,13,14);1H. The van der Waals surface area contributed by atoms with E-state index in [2.05, 4.69) is 9.88 Å². The normalized spacial score (nSPS) is 23.1. The highest BCUT2D eigenvalue weighted by atomic mass is 35.5. The fourth-order valence-electron chi connectivity index (χ4n) is 3.09. The van der Waals surface area contributed by atoms with Gasteiger partial charge in [-0.2, -0.15) is 0 Å². The first kappa shape index (κ1) is 14.1. The summed E-state index contributed by atoms with van der Waals surface area (Å²) < 4.78 is 5.70. The highest BCUT2D eigenvalue weighted by Gasteiger charge is 2.41. The van der Waals surface area contributed by atoms with Crippen LogP contribution in [-0.2, 0) is 11.3 Å². The van der Waals surface area contributed by atoms with Gasteiger partial charge in [0.1, 0.15) is 0 Å². The van der Waals surface area contributed by atoms with Crippen LogP contribution in [0.2, 0.25) is 0 Å². The largest absolute Gasteiger partial charge is 0.378 e. The molecule has 1 aliphatic carbocycles. The van der Waals surface area contributed by atoms with Gasteiger partial charge in [0.25, 0.3) is 0 Å². The molecule has 0 bridgehead atoms. The van der Waals surface area contributed by atoms with E-state index in [-0.39, 0.29) is 12.4 Å². The molecule has 18 heavy (non-hydrogen) atoms. The molecule has 0 amide bonds. The smallest absolute Gasteiger partial charge is 0.180 e. The molecule has 102 valence electrons. The van der Waals surface area contributed by atoms with E-state index in [0.29, 0.717) is 10.7 Å². The van der Waals surface area contributed by atoms with Gasteiger partial charge >= 0.3 is 0 Å². The van der Waals surface area contributed by atoms with Crippen molar-refractivity contribution in [1.82, 2.24) is 9.88 Å². The van der Waals surface area contributed by atoms with Crippen LogP contribution in [0.25, 0.3) is 0 Å². The van der Waals surface area contributed by atoms with Gasteiger partial charge in [-0.05, 0) is 12.8 Å². The summed E-state index contributed by atoms with van der Waals surface area (Å²) in [6.45, 7) is 3.79. The van der Waals surface area contributed by atoms with Gasteiger partial charge in [-0.1, -0.05) is 12.8 Å². The minimum Gasteiger partial charge on any atom is -0.378 e. The Morgan fingerprint density at radius 3 is 2.89 bits per heavy atom. The summed E-state index contributed by atoms with van der Waals surface area (Å²) in [7, 11) is 0. The summed E-state index contributed by atoms with van der Waals surface area (Å²) in [5, 5.41) is 0.675.